The minimum atomic E-state index is -1.08. The van der Waals surface area contributed by atoms with Gasteiger partial charge in [0.1, 0.15) is 9.88 Å². The van der Waals surface area contributed by atoms with Crippen molar-refractivity contribution in [3.8, 4) is 0 Å². The summed E-state index contributed by atoms with van der Waals surface area (Å²) in [6.45, 7) is 0. The Morgan fingerprint density at radius 2 is 2.06 bits per heavy atom. The largest absolute Gasteiger partial charge is 0.480 e. The van der Waals surface area contributed by atoms with E-state index in [9.17, 15) is 9.59 Å². The molecule has 0 aliphatic heterocycles. The molecule has 1 aromatic rings. The number of hydrogen-bond donors (Lipinski definition) is 2. The molecular weight excluding hydrogens is 273 g/mol. The molecule has 4 nitrogen and oxygen atoms in total. The summed E-state index contributed by atoms with van der Waals surface area (Å²) in [6, 6.07) is 1.43. The van der Waals surface area contributed by atoms with E-state index in [0.717, 1.165) is 11.3 Å². The number of nitrogens with one attached hydrogen (secondary N) is 1. The van der Waals surface area contributed by atoms with Crippen LogP contribution in [0.3, 0.4) is 0 Å². The Hall–Kier alpha value is -0.780. The van der Waals surface area contributed by atoms with Gasteiger partial charge in [-0.25, -0.2) is 4.79 Å². The summed E-state index contributed by atoms with van der Waals surface area (Å²) < 4.78 is 0.326. The first-order chi connectivity index (χ1) is 7.44. The third kappa shape index (κ3) is 2.03. The first-order valence-electron chi connectivity index (χ1n) is 4.45. The summed E-state index contributed by atoms with van der Waals surface area (Å²) >= 11 is 12.4. The monoisotopic (exact) mass is 279 g/mol. The second-order valence-electron chi connectivity index (χ2n) is 3.57. The van der Waals surface area contributed by atoms with Crippen LogP contribution in [0.2, 0.25) is 9.36 Å². The smallest absolute Gasteiger partial charge is 0.329 e. The van der Waals surface area contributed by atoms with E-state index >= 15 is 0 Å². The molecule has 1 amide bonds. The van der Waals surface area contributed by atoms with Crippen molar-refractivity contribution in [2.45, 2.75) is 18.4 Å². The van der Waals surface area contributed by atoms with Crippen LogP contribution in [0.1, 0.15) is 22.5 Å². The van der Waals surface area contributed by atoms with Gasteiger partial charge in [0.25, 0.3) is 5.91 Å². The molecule has 2 rings (SSSR count). The second kappa shape index (κ2) is 3.91. The minimum Gasteiger partial charge on any atom is -0.480 e. The Morgan fingerprint density at radius 3 is 2.44 bits per heavy atom. The standard InChI is InChI=1S/C9H7Cl2NO3S/c10-4-3-5(16-6(4)11)7(13)12-9(1-2-9)8(14)15/h3H,1-2H2,(H,12,13)(H,14,15). The number of halogens is 2. The maximum atomic E-state index is 11.7. The van der Waals surface area contributed by atoms with Crippen LogP contribution >= 0.6 is 34.5 Å². The van der Waals surface area contributed by atoms with Gasteiger partial charge in [0.05, 0.1) is 9.90 Å². The number of carbonyl (C=O) groups excluding carboxylic acids is 1. The van der Waals surface area contributed by atoms with Crippen molar-refractivity contribution in [3.05, 3.63) is 20.3 Å². The maximum absolute atomic E-state index is 11.7. The van der Waals surface area contributed by atoms with Crippen molar-refractivity contribution in [1.82, 2.24) is 5.32 Å². The van der Waals surface area contributed by atoms with E-state index in [1.807, 2.05) is 0 Å². The number of hydrogen-bond acceptors (Lipinski definition) is 3. The third-order valence-corrected chi connectivity index (χ3v) is 4.25. The molecule has 0 bridgehead atoms. The highest BCUT2D eigenvalue weighted by Crippen LogP contribution is 2.37. The van der Waals surface area contributed by atoms with E-state index in [1.54, 1.807) is 0 Å². The van der Waals surface area contributed by atoms with E-state index in [-0.39, 0.29) is 0 Å². The Kier molecular flexibility index (Phi) is 2.86. The molecule has 0 unspecified atom stereocenters. The quantitative estimate of drug-likeness (QED) is 0.893. The normalized spacial score (nSPS) is 16.9. The van der Waals surface area contributed by atoms with Crippen LogP contribution in [0.4, 0.5) is 0 Å². The molecule has 1 aromatic heterocycles. The maximum Gasteiger partial charge on any atom is 0.329 e. The molecule has 0 atom stereocenters. The van der Waals surface area contributed by atoms with Gasteiger partial charge in [-0.2, -0.15) is 0 Å². The Balaban J connectivity index is 2.12. The zero-order valence-corrected chi connectivity index (χ0v) is 10.2. The fraction of sp³-hybridized carbons (Fsp3) is 0.333. The molecule has 1 heterocycles. The van der Waals surface area contributed by atoms with Crippen LogP contribution in [-0.4, -0.2) is 22.5 Å². The van der Waals surface area contributed by atoms with E-state index in [1.165, 1.54) is 6.07 Å². The number of carboxylic acid groups (broad SMARTS) is 1. The van der Waals surface area contributed by atoms with Crippen LogP contribution in [0.25, 0.3) is 0 Å². The molecule has 0 saturated heterocycles. The first-order valence-corrected chi connectivity index (χ1v) is 6.02. The molecule has 0 radical (unpaired) electrons. The molecule has 16 heavy (non-hydrogen) atoms. The van der Waals surface area contributed by atoms with Crippen LogP contribution in [0.5, 0.6) is 0 Å². The van der Waals surface area contributed by atoms with E-state index in [0.29, 0.717) is 27.1 Å². The molecule has 86 valence electrons. The molecule has 1 saturated carbocycles. The van der Waals surface area contributed by atoms with Crippen LogP contribution < -0.4 is 5.32 Å². The highest BCUT2D eigenvalue weighted by molar-refractivity contribution is 7.18. The van der Waals surface area contributed by atoms with Gasteiger partial charge in [-0.3, -0.25) is 4.79 Å². The van der Waals surface area contributed by atoms with Crippen LogP contribution in [0.15, 0.2) is 6.07 Å². The van der Waals surface area contributed by atoms with Crippen molar-refractivity contribution in [2.75, 3.05) is 0 Å². The summed E-state index contributed by atoms with van der Waals surface area (Å²) in [5.41, 5.74) is -1.08. The summed E-state index contributed by atoms with van der Waals surface area (Å²) in [5, 5.41) is 11.7. The third-order valence-electron chi connectivity index (χ3n) is 2.38. The SMILES string of the molecule is O=C(NC1(C(=O)O)CC1)c1cc(Cl)c(Cl)s1. The van der Waals surface area contributed by atoms with Crippen molar-refractivity contribution < 1.29 is 14.7 Å². The summed E-state index contributed by atoms with van der Waals surface area (Å²) in [6.07, 6.45) is 0.918. The lowest BCUT2D eigenvalue weighted by atomic mass is 10.2. The van der Waals surface area contributed by atoms with Crippen molar-refractivity contribution >= 4 is 46.4 Å². The number of carboxylic acids is 1. The highest BCUT2D eigenvalue weighted by Gasteiger charge is 2.51. The molecular formula is C9H7Cl2NO3S. The average Bonchev–Trinajstić information content (AvgIpc) is 2.90. The molecule has 0 spiro atoms. The zero-order chi connectivity index (χ0) is 11.9. The lowest BCUT2D eigenvalue weighted by Crippen LogP contribution is -2.42. The predicted molar refractivity (Wildman–Crippen MR) is 61.4 cm³/mol. The van der Waals surface area contributed by atoms with E-state index in [2.05, 4.69) is 5.32 Å². The lowest BCUT2D eigenvalue weighted by Gasteiger charge is -2.10. The van der Waals surface area contributed by atoms with Crippen LogP contribution in [0, 0.1) is 0 Å². The summed E-state index contributed by atoms with van der Waals surface area (Å²) in [4.78, 5) is 22.9. The van der Waals surface area contributed by atoms with Gasteiger partial charge in [-0.05, 0) is 18.9 Å². The molecule has 0 aromatic carbocycles. The van der Waals surface area contributed by atoms with Crippen molar-refractivity contribution in [1.29, 1.82) is 0 Å². The van der Waals surface area contributed by atoms with Gasteiger partial charge in [0, 0.05) is 0 Å². The fourth-order valence-electron chi connectivity index (χ4n) is 1.25. The molecule has 7 heteroatoms. The number of carbonyl (C=O) groups is 2. The minimum absolute atomic E-state index is 0.303. The van der Waals surface area contributed by atoms with Gasteiger partial charge < -0.3 is 10.4 Å². The Labute approximate surface area is 105 Å². The molecule has 1 aliphatic carbocycles. The summed E-state index contributed by atoms with van der Waals surface area (Å²) in [7, 11) is 0. The Bertz CT molecular complexity index is 448. The zero-order valence-electron chi connectivity index (χ0n) is 7.92. The lowest BCUT2D eigenvalue weighted by molar-refractivity contribution is -0.140. The first kappa shape index (κ1) is 11.7. The molecule has 2 N–H and O–H groups in total. The van der Waals surface area contributed by atoms with Gasteiger partial charge in [0.2, 0.25) is 0 Å². The van der Waals surface area contributed by atoms with Gasteiger partial charge in [0.15, 0.2) is 0 Å². The van der Waals surface area contributed by atoms with Crippen molar-refractivity contribution in [2.24, 2.45) is 0 Å². The topological polar surface area (TPSA) is 66.4 Å². The predicted octanol–water partition coefficient (Wildman–Crippen LogP) is 2.40. The number of rotatable bonds is 3. The van der Waals surface area contributed by atoms with E-state index < -0.39 is 17.4 Å². The van der Waals surface area contributed by atoms with Gasteiger partial charge >= 0.3 is 5.97 Å². The molecule has 1 fully saturated rings. The van der Waals surface area contributed by atoms with E-state index in [4.69, 9.17) is 28.3 Å². The molecule has 1 aliphatic rings. The number of aliphatic carboxylic acids is 1. The highest BCUT2D eigenvalue weighted by atomic mass is 35.5. The second-order valence-corrected chi connectivity index (χ2v) is 5.64. The number of amides is 1. The fourth-order valence-corrected chi connectivity index (χ4v) is 2.52. The average molecular weight is 280 g/mol. The van der Waals surface area contributed by atoms with Crippen molar-refractivity contribution in [3.63, 3.8) is 0 Å². The van der Waals surface area contributed by atoms with Crippen LogP contribution in [-0.2, 0) is 4.79 Å². The number of thiophene rings is 1. The van der Waals surface area contributed by atoms with Gasteiger partial charge in [-0.15, -0.1) is 11.3 Å². The Morgan fingerprint density at radius 1 is 1.44 bits per heavy atom. The summed E-state index contributed by atoms with van der Waals surface area (Å²) in [5.74, 6) is -1.45. The van der Waals surface area contributed by atoms with Gasteiger partial charge in [-0.1, -0.05) is 23.2 Å².